The molecule has 198 valence electrons. The second-order valence-corrected chi connectivity index (χ2v) is 8.38. The molecule has 0 bridgehead atoms. The monoisotopic (exact) mass is 486 g/mol. The van der Waals surface area contributed by atoms with Gasteiger partial charge in [-0.05, 0) is 64.2 Å². The molecule has 0 radical (unpaired) electrons. The van der Waals surface area contributed by atoms with Gasteiger partial charge in [-0.2, -0.15) is 0 Å². The van der Waals surface area contributed by atoms with Crippen LogP contribution in [0.2, 0.25) is 0 Å². The van der Waals surface area contributed by atoms with Gasteiger partial charge in [0.1, 0.15) is 6.10 Å². The van der Waals surface area contributed by atoms with Gasteiger partial charge in [0.25, 0.3) is 0 Å². The quantitative estimate of drug-likeness (QED) is 0.0904. The van der Waals surface area contributed by atoms with Crippen molar-refractivity contribution in [1.29, 1.82) is 0 Å². The molecule has 0 amide bonds. The Morgan fingerprint density at radius 1 is 0.714 bits per heavy atom. The van der Waals surface area contributed by atoms with Crippen LogP contribution >= 0.6 is 0 Å². The van der Waals surface area contributed by atoms with Gasteiger partial charge in [0.2, 0.25) is 0 Å². The molecule has 0 spiro atoms. The molecule has 1 N–H and O–H groups in total. The maximum Gasteiger partial charge on any atom is 0.306 e. The van der Waals surface area contributed by atoms with E-state index < -0.39 is 6.10 Å². The normalized spacial score (nSPS) is 13.6. The molecule has 0 rings (SSSR count). The summed E-state index contributed by atoms with van der Waals surface area (Å²) in [7, 11) is 0. The van der Waals surface area contributed by atoms with Gasteiger partial charge in [-0.1, -0.05) is 93.2 Å². The molecule has 0 aromatic rings. The molecule has 0 aliphatic heterocycles. The lowest BCUT2D eigenvalue weighted by atomic mass is 10.2. The van der Waals surface area contributed by atoms with E-state index in [-0.39, 0.29) is 19.2 Å². The van der Waals surface area contributed by atoms with Crippen LogP contribution in [0.1, 0.15) is 90.9 Å². The molecule has 0 saturated heterocycles. The fraction of sp³-hybridized carbons (Fsp3) is 0.581. The van der Waals surface area contributed by atoms with Gasteiger partial charge >= 0.3 is 5.97 Å². The highest BCUT2D eigenvalue weighted by Gasteiger charge is 2.12. The van der Waals surface area contributed by atoms with E-state index in [9.17, 15) is 9.90 Å². The number of carbonyl (C=O) groups is 1. The van der Waals surface area contributed by atoms with E-state index in [1.165, 1.54) is 0 Å². The highest BCUT2D eigenvalue weighted by Crippen LogP contribution is 2.04. The van der Waals surface area contributed by atoms with Crippen LogP contribution in [0.25, 0.3) is 0 Å². The largest absolute Gasteiger partial charge is 0.457 e. The second kappa shape index (κ2) is 28.1. The van der Waals surface area contributed by atoms with Gasteiger partial charge < -0.3 is 14.6 Å². The molecule has 1 unspecified atom stereocenters. The van der Waals surface area contributed by atoms with Crippen LogP contribution < -0.4 is 0 Å². The van der Waals surface area contributed by atoms with E-state index in [1.54, 1.807) is 0 Å². The number of hydrogen-bond donors (Lipinski definition) is 1. The Kier molecular flexibility index (Phi) is 26.3. The van der Waals surface area contributed by atoms with Gasteiger partial charge in [0.15, 0.2) is 0 Å². The predicted molar refractivity (Wildman–Crippen MR) is 149 cm³/mol. The lowest BCUT2D eigenvalue weighted by Crippen LogP contribution is -2.27. The topological polar surface area (TPSA) is 55.8 Å². The minimum atomic E-state index is -0.548. The summed E-state index contributed by atoms with van der Waals surface area (Å²) in [4.78, 5) is 11.4. The lowest BCUT2D eigenvalue weighted by molar-refractivity contribution is -0.154. The lowest BCUT2D eigenvalue weighted by Gasteiger charge is -2.15. The van der Waals surface area contributed by atoms with Gasteiger partial charge in [-0.3, -0.25) is 4.79 Å². The first-order valence-electron chi connectivity index (χ1n) is 13.5. The smallest absolute Gasteiger partial charge is 0.306 e. The van der Waals surface area contributed by atoms with Gasteiger partial charge in [-0.15, -0.1) is 0 Å². The summed E-state index contributed by atoms with van der Waals surface area (Å²) in [6.45, 7) is 4.78. The fourth-order valence-corrected chi connectivity index (χ4v) is 3.07. The van der Waals surface area contributed by atoms with Crippen LogP contribution in [0.15, 0.2) is 72.9 Å². The highest BCUT2D eigenvalue weighted by atomic mass is 16.6. The van der Waals surface area contributed by atoms with E-state index in [4.69, 9.17) is 9.47 Å². The van der Waals surface area contributed by atoms with E-state index in [1.807, 2.05) is 6.92 Å². The molecule has 0 saturated carbocycles. The Bertz CT molecular complexity index is 640. The van der Waals surface area contributed by atoms with Gasteiger partial charge in [0, 0.05) is 13.0 Å². The van der Waals surface area contributed by atoms with Gasteiger partial charge in [-0.25, -0.2) is 0 Å². The molecule has 0 aliphatic carbocycles. The number of rotatable bonds is 23. The number of aliphatic hydroxyl groups excluding tert-OH is 1. The molecule has 0 aromatic heterocycles. The Morgan fingerprint density at radius 3 is 1.71 bits per heavy atom. The van der Waals surface area contributed by atoms with Crippen molar-refractivity contribution in [2.24, 2.45) is 0 Å². The Hall–Kier alpha value is -2.17. The summed E-state index contributed by atoms with van der Waals surface area (Å²) in [5.74, 6) is -0.272. The first kappa shape index (κ1) is 32.8. The third-order valence-electron chi connectivity index (χ3n) is 5.02. The van der Waals surface area contributed by atoms with Crippen molar-refractivity contribution < 1.29 is 19.4 Å². The van der Waals surface area contributed by atoms with Crippen LogP contribution in [0.4, 0.5) is 0 Å². The molecular weight excluding hydrogens is 436 g/mol. The van der Waals surface area contributed by atoms with Crippen molar-refractivity contribution in [1.82, 2.24) is 0 Å². The summed E-state index contributed by atoms with van der Waals surface area (Å²) in [5.41, 5.74) is 0. The van der Waals surface area contributed by atoms with Crippen molar-refractivity contribution in [3.63, 3.8) is 0 Å². The summed E-state index contributed by atoms with van der Waals surface area (Å²) < 4.78 is 10.7. The first-order valence-corrected chi connectivity index (χ1v) is 13.5. The third-order valence-corrected chi connectivity index (χ3v) is 5.02. The Balaban J connectivity index is 3.54. The van der Waals surface area contributed by atoms with Crippen LogP contribution in [-0.4, -0.2) is 37.0 Å². The van der Waals surface area contributed by atoms with E-state index in [2.05, 4.69) is 79.8 Å². The minimum absolute atomic E-state index is 0.196. The second-order valence-electron chi connectivity index (χ2n) is 8.38. The van der Waals surface area contributed by atoms with Crippen LogP contribution in [-0.2, 0) is 14.3 Å². The summed E-state index contributed by atoms with van der Waals surface area (Å²) >= 11 is 0. The van der Waals surface area contributed by atoms with Crippen LogP contribution in [0.3, 0.4) is 0 Å². The SMILES string of the molecule is CC/C=C\C/C=C\C/C=C\C/C=C\C/C=C\C/C=C\CCCCCOCC(CO)OC(=O)CCC. The Morgan fingerprint density at radius 2 is 1.23 bits per heavy atom. The molecular formula is C31H50O4. The molecule has 0 aromatic carbocycles. The Labute approximate surface area is 215 Å². The number of ether oxygens (including phenoxy) is 2. The maximum atomic E-state index is 11.4. The average molecular weight is 487 g/mol. The van der Waals surface area contributed by atoms with E-state index in [0.29, 0.717) is 13.0 Å². The number of aliphatic hydroxyl groups is 1. The fourth-order valence-electron chi connectivity index (χ4n) is 3.07. The average Bonchev–Trinajstić information content (AvgIpc) is 2.86. The first-order chi connectivity index (χ1) is 17.2. The summed E-state index contributed by atoms with van der Waals surface area (Å²) in [6.07, 6.45) is 37.6. The summed E-state index contributed by atoms with van der Waals surface area (Å²) in [5, 5.41) is 9.25. The molecule has 0 aliphatic rings. The standard InChI is InChI=1S/C31H50O4/c1-3-5-6-7-8-9-10-11-12-13-14-15-16-17-18-19-20-21-22-23-24-25-27-34-29-30(28-32)35-31(33)26-4-2/h5-6,8-9,11-12,14-15,17-18,20-21,30,32H,3-4,7,10,13,16,19,22-29H2,1-2H3/b6-5-,9-8-,12-11-,15-14-,18-17-,21-20-. The molecule has 4 nitrogen and oxygen atoms in total. The van der Waals surface area contributed by atoms with Crippen LogP contribution in [0, 0.1) is 0 Å². The van der Waals surface area contributed by atoms with Crippen molar-refractivity contribution in [3.8, 4) is 0 Å². The number of allylic oxidation sites excluding steroid dienone is 12. The van der Waals surface area contributed by atoms with E-state index >= 15 is 0 Å². The van der Waals surface area contributed by atoms with E-state index in [0.717, 1.165) is 70.6 Å². The molecule has 4 heteroatoms. The van der Waals surface area contributed by atoms with Gasteiger partial charge in [0.05, 0.1) is 13.2 Å². The zero-order valence-electron chi connectivity index (χ0n) is 22.3. The predicted octanol–water partition coefficient (Wildman–Crippen LogP) is 7.97. The maximum absolute atomic E-state index is 11.4. The molecule has 1 atom stereocenters. The van der Waals surface area contributed by atoms with Crippen LogP contribution in [0.5, 0.6) is 0 Å². The van der Waals surface area contributed by atoms with Crippen molar-refractivity contribution >= 4 is 5.97 Å². The van der Waals surface area contributed by atoms with Crippen molar-refractivity contribution in [2.45, 2.75) is 97.0 Å². The number of esters is 1. The molecule has 0 fully saturated rings. The van der Waals surface area contributed by atoms with Crippen molar-refractivity contribution in [3.05, 3.63) is 72.9 Å². The zero-order chi connectivity index (χ0) is 25.7. The molecule has 0 heterocycles. The number of hydrogen-bond acceptors (Lipinski definition) is 4. The molecule has 35 heavy (non-hydrogen) atoms. The summed E-state index contributed by atoms with van der Waals surface area (Å²) in [6, 6.07) is 0. The number of unbranched alkanes of at least 4 members (excludes halogenated alkanes) is 3. The highest BCUT2D eigenvalue weighted by molar-refractivity contribution is 5.69. The zero-order valence-corrected chi connectivity index (χ0v) is 22.3. The third kappa shape index (κ3) is 26.3. The minimum Gasteiger partial charge on any atom is -0.457 e. The van der Waals surface area contributed by atoms with Crippen molar-refractivity contribution in [2.75, 3.05) is 19.8 Å². The number of carbonyl (C=O) groups excluding carboxylic acids is 1.